The number of likely N-dealkylation sites (tertiary alicyclic amines) is 1. The highest BCUT2D eigenvalue weighted by Gasteiger charge is 2.59. The molecule has 0 unspecified atom stereocenters. The van der Waals surface area contributed by atoms with Crippen molar-refractivity contribution in [2.45, 2.75) is 57.2 Å². The SMILES string of the molecule is CCN1C(=O)N(C2Cc3ccccc3C2)C(=O)C12CCN([C@H](C)COC)CC2. The number of ether oxygens (including phenoxy) is 1. The largest absolute Gasteiger partial charge is 0.383 e. The van der Waals surface area contributed by atoms with Gasteiger partial charge in [-0.3, -0.25) is 14.6 Å². The Balaban J connectivity index is 1.54. The second-order valence-electron chi connectivity index (χ2n) is 8.40. The van der Waals surface area contributed by atoms with Crippen LogP contribution in [0.5, 0.6) is 0 Å². The van der Waals surface area contributed by atoms with E-state index in [0.29, 0.717) is 32.0 Å². The van der Waals surface area contributed by atoms with Crippen molar-refractivity contribution in [3.63, 3.8) is 0 Å². The Morgan fingerprint density at radius 3 is 2.29 bits per heavy atom. The van der Waals surface area contributed by atoms with Crippen molar-refractivity contribution in [1.82, 2.24) is 14.7 Å². The van der Waals surface area contributed by atoms with Gasteiger partial charge in [0.2, 0.25) is 0 Å². The number of imide groups is 1. The van der Waals surface area contributed by atoms with Crippen LogP contribution in [-0.2, 0) is 22.4 Å². The van der Waals surface area contributed by atoms with Gasteiger partial charge < -0.3 is 9.64 Å². The number of hydrogen-bond acceptors (Lipinski definition) is 4. The molecule has 2 saturated heterocycles. The van der Waals surface area contributed by atoms with Gasteiger partial charge in [-0.1, -0.05) is 24.3 Å². The molecule has 1 spiro atoms. The van der Waals surface area contributed by atoms with E-state index in [1.54, 1.807) is 12.0 Å². The van der Waals surface area contributed by atoms with Gasteiger partial charge in [0.15, 0.2) is 0 Å². The van der Waals surface area contributed by atoms with Crippen LogP contribution in [0.2, 0.25) is 0 Å². The van der Waals surface area contributed by atoms with E-state index >= 15 is 0 Å². The van der Waals surface area contributed by atoms with E-state index in [9.17, 15) is 9.59 Å². The fourth-order valence-corrected chi connectivity index (χ4v) is 5.38. The molecule has 1 aromatic rings. The quantitative estimate of drug-likeness (QED) is 0.730. The standard InChI is InChI=1S/C22H31N3O3/c1-4-24-21(27)25(19-13-17-7-5-6-8-18(17)14-19)20(26)22(24)9-11-23(12-10-22)16(2)15-28-3/h5-8,16,19H,4,9-15H2,1-3H3/t16-/m1/s1. The number of amides is 3. The molecule has 28 heavy (non-hydrogen) atoms. The highest BCUT2D eigenvalue weighted by molar-refractivity contribution is 6.07. The van der Waals surface area contributed by atoms with Crippen LogP contribution >= 0.6 is 0 Å². The smallest absolute Gasteiger partial charge is 0.327 e. The number of carbonyl (C=O) groups excluding carboxylic acids is 2. The van der Waals surface area contributed by atoms with Crippen molar-refractivity contribution >= 4 is 11.9 Å². The number of carbonyl (C=O) groups is 2. The summed E-state index contributed by atoms with van der Waals surface area (Å²) in [4.78, 5) is 32.7. The molecule has 2 aliphatic heterocycles. The molecule has 2 heterocycles. The number of benzene rings is 1. The molecule has 4 rings (SSSR count). The van der Waals surface area contributed by atoms with Gasteiger partial charge in [-0.25, -0.2) is 4.79 Å². The Morgan fingerprint density at radius 1 is 1.14 bits per heavy atom. The predicted octanol–water partition coefficient (Wildman–Crippen LogP) is 2.31. The normalized spacial score (nSPS) is 23.7. The lowest BCUT2D eigenvalue weighted by atomic mass is 9.85. The van der Waals surface area contributed by atoms with Crippen molar-refractivity contribution in [1.29, 1.82) is 0 Å². The Labute approximate surface area is 167 Å². The molecular weight excluding hydrogens is 354 g/mol. The Morgan fingerprint density at radius 2 is 1.75 bits per heavy atom. The number of methoxy groups -OCH3 is 1. The van der Waals surface area contributed by atoms with Crippen molar-refractivity contribution in [3.8, 4) is 0 Å². The molecule has 152 valence electrons. The minimum absolute atomic E-state index is 0.0243. The molecule has 1 atom stereocenters. The lowest BCUT2D eigenvalue weighted by molar-refractivity contribution is -0.137. The number of hydrogen-bond donors (Lipinski definition) is 0. The Bertz CT molecular complexity index is 732. The van der Waals surface area contributed by atoms with Crippen LogP contribution in [0.15, 0.2) is 24.3 Å². The highest BCUT2D eigenvalue weighted by Crippen LogP contribution is 2.40. The summed E-state index contributed by atoms with van der Waals surface area (Å²) in [6.45, 7) is 7.04. The van der Waals surface area contributed by atoms with Crippen LogP contribution in [0.25, 0.3) is 0 Å². The summed E-state index contributed by atoms with van der Waals surface area (Å²) in [5.41, 5.74) is 1.87. The minimum atomic E-state index is -0.663. The van der Waals surface area contributed by atoms with Crippen LogP contribution in [0.4, 0.5) is 4.79 Å². The molecule has 1 aliphatic carbocycles. The summed E-state index contributed by atoms with van der Waals surface area (Å²) in [7, 11) is 1.72. The summed E-state index contributed by atoms with van der Waals surface area (Å²) in [6, 6.07) is 8.48. The third-order valence-corrected chi connectivity index (χ3v) is 6.94. The van der Waals surface area contributed by atoms with Gasteiger partial charge >= 0.3 is 6.03 Å². The molecular formula is C22H31N3O3. The minimum Gasteiger partial charge on any atom is -0.383 e. The summed E-state index contributed by atoms with van der Waals surface area (Å²) in [5.74, 6) is 0.0243. The van der Waals surface area contributed by atoms with E-state index in [1.165, 1.54) is 11.1 Å². The second-order valence-corrected chi connectivity index (χ2v) is 8.40. The molecule has 3 aliphatic rings. The van der Waals surface area contributed by atoms with Crippen LogP contribution in [-0.4, -0.2) is 77.6 Å². The number of likely N-dealkylation sites (N-methyl/N-ethyl adjacent to an activating group) is 1. The monoisotopic (exact) mass is 385 g/mol. The number of fused-ring (bicyclic) bond motifs is 1. The third kappa shape index (κ3) is 2.94. The molecule has 0 saturated carbocycles. The first-order chi connectivity index (χ1) is 13.5. The van der Waals surface area contributed by atoms with Crippen LogP contribution in [0, 0.1) is 0 Å². The van der Waals surface area contributed by atoms with Gasteiger partial charge in [-0.2, -0.15) is 0 Å². The zero-order chi connectivity index (χ0) is 19.9. The number of urea groups is 1. The maximum absolute atomic E-state index is 13.6. The summed E-state index contributed by atoms with van der Waals surface area (Å²) < 4.78 is 5.29. The fraction of sp³-hybridized carbons (Fsp3) is 0.636. The average molecular weight is 386 g/mol. The molecule has 1 aromatic carbocycles. The van der Waals surface area contributed by atoms with Gasteiger partial charge in [-0.15, -0.1) is 0 Å². The molecule has 6 heteroatoms. The Hall–Kier alpha value is -1.92. The van der Waals surface area contributed by atoms with E-state index in [1.807, 2.05) is 24.0 Å². The van der Waals surface area contributed by atoms with Gasteiger partial charge in [0.05, 0.1) is 6.61 Å². The van der Waals surface area contributed by atoms with E-state index < -0.39 is 5.54 Å². The van der Waals surface area contributed by atoms with Gasteiger partial charge in [-0.05, 0) is 50.7 Å². The van der Waals surface area contributed by atoms with Crippen molar-refractivity contribution in [2.24, 2.45) is 0 Å². The van der Waals surface area contributed by atoms with E-state index in [0.717, 1.165) is 25.9 Å². The van der Waals surface area contributed by atoms with Crippen molar-refractivity contribution in [2.75, 3.05) is 33.4 Å². The number of nitrogens with zero attached hydrogens (tertiary/aromatic N) is 3. The summed E-state index contributed by atoms with van der Waals surface area (Å²) in [6.07, 6.45) is 2.96. The Kier molecular flexibility index (Phi) is 5.19. The van der Waals surface area contributed by atoms with Crippen LogP contribution in [0.1, 0.15) is 37.8 Å². The number of rotatable bonds is 5. The summed E-state index contributed by atoms with van der Waals surface area (Å²) >= 11 is 0. The van der Waals surface area contributed by atoms with Crippen LogP contribution in [0.3, 0.4) is 0 Å². The predicted molar refractivity (Wildman–Crippen MR) is 107 cm³/mol. The van der Waals surface area contributed by atoms with Gasteiger partial charge in [0.1, 0.15) is 5.54 Å². The topological polar surface area (TPSA) is 53.1 Å². The molecule has 0 aromatic heterocycles. The first-order valence-electron chi connectivity index (χ1n) is 10.5. The summed E-state index contributed by atoms with van der Waals surface area (Å²) in [5, 5.41) is 0. The van der Waals surface area contributed by atoms with Gasteiger partial charge in [0, 0.05) is 38.8 Å². The molecule has 0 bridgehead atoms. The van der Waals surface area contributed by atoms with E-state index in [2.05, 4.69) is 24.0 Å². The molecule has 0 radical (unpaired) electrons. The molecule has 0 N–H and O–H groups in total. The zero-order valence-electron chi connectivity index (χ0n) is 17.2. The molecule has 2 fully saturated rings. The fourth-order valence-electron chi connectivity index (χ4n) is 5.38. The number of piperidine rings is 1. The first-order valence-corrected chi connectivity index (χ1v) is 10.5. The first kappa shape index (κ1) is 19.4. The van der Waals surface area contributed by atoms with Crippen LogP contribution < -0.4 is 0 Å². The van der Waals surface area contributed by atoms with Gasteiger partial charge in [0.25, 0.3) is 5.91 Å². The molecule has 3 amide bonds. The molecule has 6 nitrogen and oxygen atoms in total. The highest BCUT2D eigenvalue weighted by atomic mass is 16.5. The average Bonchev–Trinajstić information content (AvgIpc) is 3.20. The van der Waals surface area contributed by atoms with Crippen molar-refractivity contribution in [3.05, 3.63) is 35.4 Å². The maximum atomic E-state index is 13.6. The maximum Gasteiger partial charge on any atom is 0.327 e. The van der Waals surface area contributed by atoms with E-state index in [-0.39, 0.29) is 18.0 Å². The lowest BCUT2D eigenvalue weighted by Gasteiger charge is -2.43. The lowest BCUT2D eigenvalue weighted by Crippen LogP contribution is -2.58. The van der Waals surface area contributed by atoms with Crippen molar-refractivity contribution < 1.29 is 14.3 Å². The third-order valence-electron chi connectivity index (χ3n) is 6.94. The zero-order valence-corrected chi connectivity index (χ0v) is 17.2. The second kappa shape index (κ2) is 7.48. The van der Waals surface area contributed by atoms with E-state index in [4.69, 9.17) is 4.74 Å².